The van der Waals surface area contributed by atoms with Gasteiger partial charge in [-0.1, -0.05) is 0 Å². The molecule has 0 unspecified atom stereocenters. The van der Waals surface area contributed by atoms with Crippen molar-refractivity contribution in [1.82, 2.24) is 24.5 Å². The minimum atomic E-state index is -0.535. The van der Waals surface area contributed by atoms with Crippen molar-refractivity contribution in [3.05, 3.63) is 77.9 Å². The molecule has 2 aromatic carbocycles. The Bertz CT molecular complexity index is 1490. The summed E-state index contributed by atoms with van der Waals surface area (Å²) < 4.78 is 22.8. The number of nitrogens with one attached hydrogen (secondary N) is 2. The highest BCUT2D eigenvalue weighted by atomic mass is 19.1. The van der Waals surface area contributed by atoms with Gasteiger partial charge in [-0.25, -0.2) is 9.37 Å². The van der Waals surface area contributed by atoms with Gasteiger partial charge in [-0.3, -0.25) is 19.4 Å². The van der Waals surface area contributed by atoms with Crippen molar-refractivity contribution in [3.8, 4) is 17.0 Å². The van der Waals surface area contributed by atoms with E-state index < -0.39 is 5.82 Å². The molecule has 2 N–H and O–H groups in total. The molecule has 0 atom stereocenters. The molecule has 1 saturated heterocycles. The van der Waals surface area contributed by atoms with E-state index in [1.54, 1.807) is 23.2 Å². The molecule has 1 fully saturated rings. The number of anilines is 2. The second kappa shape index (κ2) is 10.1. The molecule has 0 radical (unpaired) electrons. The maximum absolute atomic E-state index is 15.1. The Morgan fingerprint density at radius 2 is 1.92 bits per heavy atom. The van der Waals surface area contributed by atoms with Crippen molar-refractivity contribution < 1.29 is 13.9 Å². The van der Waals surface area contributed by atoms with Gasteiger partial charge >= 0.3 is 0 Å². The smallest absolute Gasteiger partial charge is 0.256 e. The fourth-order valence-electron chi connectivity index (χ4n) is 5.21. The van der Waals surface area contributed by atoms with Crippen LogP contribution in [0.4, 0.5) is 15.8 Å². The van der Waals surface area contributed by atoms with Crippen LogP contribution in [0.1, 0.15) is 29.8 Å². The maximum Gasteiger partial charge on any atom is 0.256 e. The quantitative estimate of drug-likeness (QED) is 0.409. The van der Waals surface area contributed by atoms with Crippen molar-refractivity contribution in [2.75, 3.05) is 38.2 Å². The molecule has 2 aliphatic rings. The molecule has 2 aromatic heterocycles. The second-order valence-electron chi connectivity index (χ2n) is 10.0. The third-order valence-corrected chi connectivity index (χ3v) is 7.36. The first-order chi connectivity index (χ1) is 18.5. The number of benzene rings is 2. The number of hydrogen-bond acceptors (Lipinski definition) is 6. The molecular formula is C29H31FN6O2. The number of halogens is 1. The standard InChI is InChI=1S/C29H31FN6O2/c1-19(2)34-11-13-35(14-12-34)29(37)23-5-4-22(16-24(23)30)33-25-6-7-26(36-10-9-32-28(25)36)20-3-8-27-21(15-20)17-31-18-38-27/h3-10,15-16,19,31,33H,11-14,17-18H2,1-2H3. The SMILES string of the molecule is CC(C)N1CCN(C(=O)c2ccc(Nc3ccc(-c4ccc5c(c4)CNCO5)n4ccnc34)cc2F)CC1. The van der Waals surface area contributed by atoms with Gasteiger partial charge in [0.1, 0.15) is 18.3 Å². The summed E-state index contributed by atoms with van der Waals surface area (Å²) in [4.78, 5) is 21.6. The van der Waals surface area contributed by atoms with Gasteiger partial charge in [0, 0.05) is 62.4 Å². The first-order valence-corrected chi connectivity index (χ1v) is 13.0. The molecule has 9 heteroatoms. The Morgan fingerprint density at radius 3 is 2.71 bits per heavy atom. The molecule has 4 heterocycles. The number of piperazine rings is 1. The van der Waals surface area contributed by atoms with Gasteiger partial charge in [-0.15, -0.1) is 0 Å². The van der Waals surface area contributed by atoms with E-state index in [0.29, 0.717) is 31.5 Å². The van der Waals surface area contributed by atoms with Crippen LogP contribution < -0.4 is 15.4 Å². The van der Waals surface area contributed by atoms with Gasteiger partial charge in [0.2, 0.25) is 0 Å². The maximum atomic E-state index is 15.1. The average molecular weight is 515 g/mol. The Kier molecular flexibility index (Phi) is 6.47. The molecule has 38 heavy (non-hydrogen) atoms. The molecule has 4 aromatic rings. The summed E-state index contributed by atoms with van der Waals surface area (Å²) in [6, 6.07) is 15.2. The fraction of sp³-hybridized carbons (Fsp3) is 0.310. The zero-order chi connectivity index (χ0) is 26.2. The number of amides is 1. The van der Waals surface area contributed by atoms with E-state index in [2.05, 4.69) is 40.4 Å². The Morgan fingerprint density at radius 1 is 1.08 bits per heavy atom. The van der Waals surface area contributed by atoms with Crippen LogP contribution in [0.5, 0.6) is 5.75 Å². The molecule has 0 spiro atoms. The first-order valence-electron chi connectivity index (χ1n) is 13.0. The number of hydrogen-bond donors (Lipinski definition) is 2. The monoisotopic (exact) mass is 514 g/mol. The molecular weight excluding hydrogens is 483 g/mol. The molecule has 6 rings (SSSR count). The summed E-state index contributed by atoms with van der Waals surface area (Å²) in [5.41, 5.74) is 5.26. The highest BCUT2D eigenvalue weighted by Gasteiger charge is 2.25. The van der Waals surface area contributed by atoms with Gasteiger partial charge in [0.05, 0.1) is 16.9 Å². The number of carbonyl (C=O) groups is 1. The van der Waals surface area contributed by atoms with E-state index in [0.717, 1.165) is 53.5 Å². The summed E-state index contributed by atoms with van der Waals surface area (Å²) in [7, 11) is 0. The number of rotatable bonds is 5. The molecule has 8 nitrogen and oxygen atoms in total. The molecule has 0 bridgehead atoms. The van der Waals surface area contributed by atoms with E-state index in [1.807, 2.05) is 34.9 Å². The number of imidazole rings is 1. The summed E-state index contributed by atoms with van der Waals surface area (Å²) >= 11 is 0. The van der Waals surface area contributed by atoms with E-state index in [9.17, 15) is 4.79 Å². The van der Waals surface area contributed by atoms with Gasteiger partial charge < -0.3 is 15.0 Å². The number of nitrogens with zero attached hydrogens (tertiary/aromatic N) is 4. The van der Waals surface area contributed by atoms with E-state index in [1.165, 1.54) is 6.07 Å². The van der Waals surface area contributed by atoms with Crippen LogP contribution >= 0.6 is 0 Å². The lowest BCUT2D eigenvalue weighted by atomic mass is 10.1. The van der Waals surface area contributed by atoms with Gasteiger partial charge in [0.25, 0.3) is 5.91 Å². The number of aromatic nitrogens is 2. The number of fused-ring (bicyclic) bond motifs is 2. The average Bonchev–Trinajstić information content (AvgIpc) is 3.43. The molecule has 0 saturated carbocycles. The number of ether oxygens (including phenoxy) is 1. The zero-order valence-corrected chi connectivity index (χ0v) is 21.6. The van der Waals surface area contributed by atoms with Crippen LogP contribution in [0, 0.1) is 5.82 Å². The predicted molar refractivity (Wildman–Crippen MR) is 145 cm³/mol. The third-order valence-electron chi connectivity index (χ3n) is 7.36. The van der Waals surface area contributed by atoms with Crippen LogP contribution in [0.3, 0.4) is 0 Å². The Balaban J connectivity index is 1.22. The summed E-state index contributed by atoms with van der Waals surface area (Å²) in [5, 5.41) is 6.50. The van der Waals surface area contributed by atoms with E-state index in [4.69, 9.17) is 4.74 Å². The molecule has 196 valence electrons. The highest BCUT2D eigenvalue weighted by Crippen LogP contribution is 2.31. The van der Waals surface area contributed by atoms with Crippen LogP contribution in [0.25, 0.3) is 16.9 Å². The first kappa shape index (κ1) is 24.4. The van der Waals surface area contributed by atoms with Gasteiger partial charge in [0.15, 0.2) is 5.65 Å². The topological polar surface area (TPSA) is 74.1 Å². The van der Waals surface area contributed by atoms with Crippen LogP contribution in [0.2, 0.25) is 0 Å². The Hall–Kier alpha value is -3.95. The minimum Gasteiger partial charge on any atom is -0.478 e. The summed E-state index contributed by atoms with van der Waals surface area (Å²) in [6.07, 6.45) is 3.65. The van der Waals surface area contributed by atoms with Crippen LogP contribution in [0.15, 0.2) is 60.9 Å². The number of carbonyl (C=O) groups excluding carboxylic acids is 1. The van der Waals surface area contributed by atoms with Crippen molar-refractivity contribution in [2.24, 2.45) is 0 Å². The van der Waals surface area contributed by atoms with Crippen LogP contribution in [-0.2, 0) is 6.54 Å². The van der Waals surface area contributed by atoms with Crippen molar-refractivity contribution in [2.45, 2.75) is 26.4 Å². The summed E-state index contributed by atoms with van der Waals surface area (Å²) in [6.45, 7) is 8.39. The second-order valence-corrected chi connectivity index (χ2v) is 10.0. The normalized spacial score (nSPS) is 15.9. The minimum absolute atomic E-state index is 0.0979. The Labute approximate surface area is 221 Å². The van der Waals surface area contributed by atoms with Crippen molar-refractivity contribution in [3.63, 3.8) is 0 Å². The van der Waals surface area contributed by atoms with E-state index >= 15 is 4.39 Å². The zero-order valence-electron chi connectivity index (χ0n) is 21.6. The van der Waals surface area contributed by atoms with Crippen LogP contribution in [-0.4, -0.2) is 64.0 Å². The van der Waals surface area contributed by atoms with Crippen molar-refractivity contribution >= 4 is 22.9 Å². The van der Waals surface area contributed by atoms with E-state index in [-0.39, 0.29) is 11.5 Å². The van der Waals surface area contributed by atoms with Gasteiger partial charge in [-0.05, 0) is 67.9 Å². The number of pyridine rings is 1. The third kappa shape index (κ3) is 4.59. The summed E-state index contributed by atoms with van der Waals surface area (Å²) in [5.74, 6) is 0.102. The lowest BCUT2D eigenvalue weighted by Crippen LogP contribution is -2.50. The van der Waals surface area contributed by atoms with Gasteiger partial charge in [-0.2, -0.15) is 0 Å². The molecule has 0 aliphatic carbocycles. The van der Waals surface area contributed by atoms with Crippen molar-refractivity contribution in [1.29, 1.82) is 0 Å². The molecule has 2 aliphatic heterocycles. The predicted octanol–water partition coefficient (Wildman–Crippen LogP) is 4.49. The fourth-order valence-corrected chi connectivity index (χ4v) is 5.21. The lowest BCUT2D eigenvalue weighted by molar-refractivity contribution is 0.0591. The molecule has 1 amide bonds. The highest BCUT2D eigenvalue weighted by molar-refractivity contribution is 5.95. The largest absolute Gasteiger partial charge is 0.478 e. The lowest BCUT2D eigenvalue weighted by Gasteiger charge is -2.37.